The van der Waals surface area contributed by atoms with Crippen LogP contribution < -0.4 is 10.1 Å². The van der Waals surface area contributed by atoms with Gasteiger partial charge in [-0.15, -0.1) is 5.10 Å². The number of ether oxygens (including phenoxy) is 1. The summed E-state index contributed by atoms with van der Waals surface area (Å²) in [5.74, 6) is 0.477. The molecule has 0 spiro atoms. The largest absolute Gasteiger partial charge is 0.489 e. The molecule has 0 bridgehead atoms. The lowest BCUT2D eigenvalue weighted by atomic mass is 9.87. The average Bonchev–Trinajstić information content (AvgIpc) is 3.40. The van der Waals surface area contributed by atoms with Gasteiger partial charge in [-0.3, -0.25) is 9.78 Å². The second-order valence-electron chi connectivity index (χ2n) is 8.29. The van der Waals surface area contributed by atoms with Crippen molar-refractivity contribution in [2.24, 2.45) is 13.0 Å². The zero-order chi connectivity index (χ0) is 22.7. The van der Waals surface area contributed by atoms with Gasteiger partial charge < -0.3 is 15.2 Å². The van der Waals surface area contributed by atoms with Crippen molar-refractivity contribution < 1.29 is 14.6 Å². The Morgan fingerprint density at radius 3 is 2.91 bits per heavy atom. The monoisotopic (exact) mass is 457 g/mol. The zero-order valence-electron chi connectivity index (χ0n) is 18.4. The third-order valence-corrected chi connectivity index (χ3v) is 6.56. The zero-order valence-corrected chi connectivity index (χ0v) is 19.2. The maximum atomic E-state index is 11.3. The van der Waals surface area contributed by atoms with Crippen molar-refractivity contribution in [1.29, 1.82) is 0 Å². The highest BCUT2D eigenvalue weighted by molar-refractivity contribution is 7.05. The number of rotatable bonds is 8. The van der Waals surface area contributed by atoms with E-state index < -0.39 is 5.97 Å². The van der Waals surface area contributed by atoms with Crippen LogP contribution in [0.15, 0.2) is 18.3 Å². The van der Waals surface area contributed by atoms with Crippen LogP contribution in [0.3, 0.4) is 0 Å². The van der Waals surface area contributed by atoms with E-state index >= 15 is 0 Å². The summed E-state index contributed by atoms with van der Waals surface area (Å²) in [7, 11) is 1.83. The number of carboxylic acids is 1. The van der Waals surface area contributed by atoms with Gasteiger partial charge in [-0.05, 0) is 49.3 Å². The summed E-state index contributed by atoms with van der Waals surface area (Å²) in [4.78, 5) is 20.3. The van der Waals surface area contributed by atoms with Crippen LogP contribution in [0.5, 0.6) is 5.75 Å². The van der Waals surface area contributed by atoms with Crippen LogP contribution in [-0.4, -0.2) is 46.5 Å². The summed E-state index contributed by atoms with van der Waals surface area (Å²) in [5.41, 5.74) is 2.22. The molecule has 11 heteroatoms. The van der Waals surface area contributed by atoms with E-state index in [0.717, 1.165) is 23.5 Å². The number of pyridine rings is 1. The quantitative estimate of drug-likeness (QED) is 0.522. The molecule has 4 rings (SSSR count). The van der Waals surface area contributed by atoms with Crippen molar-refractivity contribution in [3.63, 3.8) is 0 Å². The first kappa shape index (κ1) is 22.1. The fourth-order valence-electron chi connectivity index (χ4n) is 3.74. The van der Waals surface area contributed by atoms with Gasteiger partial charge in [-0.2, -0.15) is 4.37 Å². The first-order valence-electron chi connectivity index (χ1n) is 10.7. The molecule has 1 aliphatic rings. The molecule has 0 radical (unpaired) electrons. The molecule has 170 valence electrons. The summed E-state index contributed by atoms with van der Waals surface area (Å²) >= 11 is 1.40. The minimum absolute atomic E-state index is 0.102. The number of hydrogen-bond acceptors (Lipinski definition) is 9. The highest BCUT2D eigenvalue weighted by atomic mass is 32.1. The van der Waals surface area contributed by atoms with Crippen molar-refractivity contribution in [1.82, 2.24) is 29.3 Å². The van der Waals surface area contributed by atoms with E-state index in [1.807, 2.05) is 19.2 Å². The van der Waals surface area contributed by atoms with Crippen LogP contribution in [-0.2, 0) is 18.4 Å². The van der Waals surface area contributed by atoms with Gasteiger partial charge in [0.2, 0.25) is 5.95 Å². The molecule has 32 heavy (non-hydrogen) atoms. The predicted octanol–water partition coefficient (Wildman–Crippen LogP) is 3.49. The summed E-state index contributed by atoms with van der Waals surface area (Å²) in [6.07, 6.45) is 4.51. The molecule has 1 fully saturated rings. The van der Waals surface area contributed by atoms with Crippen LogP contribution in [0.2, 0.25) is 0 Å². The Bertz CT molecular complexity index is 1060. The molecule has 0 saturated heterocycles. The average molecular weight is 458 g/mol. The van der Waals surface area contributed by atoms with Crippen LogP contribution in [0.4, 0.5) is 5.95 Å². The fraction of sp³-hybridized carbons (Fsp3) is 0.524. The Hall–Kier alpha value is -3.08. The summed E-state index contributed by atoms with van der Waals surface area (Å²) in [6.45, 7) is 4.64. The van der Waals surface area contributed by atoms with Crippen LogP contribution in [0.1, 0.15) is 56.2 Å². The van der Waals surface area contributed by atoms with Gasteiger partial charge >= 0.3 is 5.97 Å². The molecule has 0 unspecified atom stereocenters. The van der Waals surface area contributed by atoms with E-state index in [4.69, 9.17) is 4.74 Å². The van der Waals surface area contributed by atoms with Crippen molar-refractivity contribution in [2.45, 2.75) is 58.1 Å². The van der Waals surface area contributed by atoms with Gasteiger partial charge in [0.1, 0.15) is 16.5 Å². The Labute approximate surface area is 190 Å². The van der Waals surface area contributed by atoms with E-state index in [1.54, 1.807) is 10.9 Å². The lowest BCUT2D eigenvalue weighted by Gasteiger charge is -2.27. The minimum atomic E-state index is -0.746. The molecule has 3 aromatic rings. The van der Waals surface area contributed by atoms with Crippen molar-refractivity contribution in [3.05, 3.63) is 29.0 Å². The number of nitrogens with zero attached hydrogens (tertiary/aromatic N) is 6. The molecule has 10 nitrogen and oxygen atoms in total. The Balaban J connectivity index is 1.42. The molecule has 2 atom stereocenters. The second-order valence-corrected chi connectivity index (χ2v) is 9.08. The number of carboxylic acid groups (broad SMARTS) is 1. The lowest BCUT2D eigenvalue weighted by Crippen LogP contribution is -2.29. The Morgan fingerprint density at radius 1 is 1.38 bits per heavy atom. The van der Waals surface area contributed by atoms with Gasteiger partial charge in [0.15, 0.2) is 0 Å². The van der Waals surface area contributed by atoms with E-state index in [0.29, 0.717) is 48.4 Å². The molecule has 2 N–H and O–H groups in total. The lowest BCUT2D eigenvalue weighted by molar-refractivity contribution is -0.143. The Kier molecular flexibility index (Phi) is 6.63. The third-order valence-electron chi connectivity index (χ3n) is 5.55. The van der Waals surface area contributed by atoms with Gasteiger partial charge in [0, 0.05) is 13.0 Å². The first-order valence-corrected chi connectivity index (χ1v) is 11.5. The van der Waals surface area contributed by atoms with E-state index in [1.165, 1.54) is 11.5 Å². The number of aliphatic carboxylic acids is 1. The SMILES string of the molecule is CC(C)c1nc(NCc2c(-c3ccc(O[C@H]4CCC[C@H](C(=O)O)C4)cn3)nnn2C)ns1. The normalized spacial score (nSPS) is 18.6. The number of anilines is 1. The maximum absolute atomic E-state index is 11.3. The highest BCUT2D eigenvalue weighted by Crippen LogP contribution is 2.29. The van der Waals surface area contributed by atoms with E-state index in [2.05, 4.69) is 43.8 Å². The molecule has 0 aliphatic heterocycles. The van der Waals surface area contributed by atoms with Gasteiger partial charge in [-0.25, -0.2) is 9.67 Å². The van der Waals surface area contributed by atoms with Crippen molar-refractivity contribution in [3.8, 4) is 17.1 Å². The van der Waals surface area contributed by atoms with Gasteiger partial charge in [-0.1, -0.05) is 19.1 Å². The van der Waals surface area contributed by atoms with E-state index in [-0.39, 0.29) is 12.0 Å². The highest BCUT2D eigenvalue weighted by Gasteiger charge is 2.28. The number of hydrogen-bond donors (Lipinski definition) is 2. The topological polar surface area (TPSA) is 128 Å². The number of carbonyl (C=O) groups is 1. The molecule has 1 saturated carbocycles. The van der Waals surface area contributed by atoms with E-state index in [9.17, 15) is 9.90 Å². The number of nitrogens with one attached hydrogen (secondary N) is 1. The minimum Gasteiger partial charge on any atom is -0.489 e. The summed E-state index contributed by atoms with van der Waals surface area (Å²) in [6, 6.07) is 3.69. The van der Waals surface area contributed by atoms with Crippen LogP contribution in [0.25, 0.3) is 11.4 Å². The smallest absolute Gasteiger partial charge is 0.306 e. The van der Waals surface area contributed by atoms with Crippen molar-refractivity contribution in [2.75, 3.05) is 5.32 Å². The van der Waals surface area contributed by atoms with Crippen molar-refractivity contribution >= 4 is 23.5 Å². The molecule has 1 aliphatic carbocycles. The molecule has 3 aromatic heterocycles. The molecule has 0 amide bonds. The Morgan fingerprint density at radius 2 is 2.22 bits per heavy atom. The maximum Gasteiger partial charge on any atom is 0.306 e. The first-order chi connectivity index (χ1) is 15.4. The van der Waals surface area contributed by atoms with Gasteiger partial charge in [0.05, 0.1) is 36.2 Å². The molecular weight excluding hydrogens is 430 g/mol. The summed E-state index contributed by atoms with van der Waals surface area (Å²) < 4.78 is 12.1. The second kappa shape index (κ2) is 9.60. The predicted molar refractivity (Wildman–Crippen MR) is 120 cm³/mol. The van der Waals surface area contributed by atoms with Crippen LogP contribution >= 0.6 is 11.5 Å². The van der Waals surface area contributed by atoms with Crippen LogP contribution in [0, 0.1) is 5.92 Å². The standard InChI is InChI=1S/C21H27N7O3S/c1-12(2)19-24-21(26-32-19)23-11-17-18(25-27-28(17)3)16-8-7-15(10-22-16)31-14-6-4-5-13(9-14)20(29)30/h7-8,10,12-14H,4-6,9,11H2,1-3H3,(H,23,26)(H,29,30)/t13-,14-/m0/s1. The fourth-order valence-corrected chi connectivity index (χ4v) is 4.36. The number of aryl methyl sites for hydroxylation is 1. The number of aromatic nitrogens is 6. The molecule has 3 heterocycles. The third kappa shape index (κ3) is 5.04. The molecule has 0 aromatic carbocycles. The van der Waals surface area contributed by atoms with Gasteiger partial charge in [0.25, 0.3) is 0 Å². The summed E-state index contributed by atoms with van der Waals surface area (Å²) in [5, 5.41) is 21.9. The molecular formula is C21H27N7O3S.